The Morgan fingerprint density at radius 1 is 1.00 bits per heavy atom. The van der Waals surface area contributed by atoms with Crippen molar-refractivity contribution >= 4 is 35.0 Å². The predicted molar refractivity (Wildman–Crippen MR) is 183 cm³/mol. The van der Waals surface area contributed by atoms with Gasteiger partial charge in [-0.25, -0.2) is 4.98 Å². The van der Waals surface area contributed by atoms with Gasteiger partial charge < -0.3 is 25.7 Å². The summed E-state index contributed by atoms with van der Waals surface area (Å²) in [5.41, 5.74) is 3.64. The summed E-state index contributed by atoms with van der Waals surface area (Å²) in [5.74, 6) is -0.792. The second-order valence-corrected chi connectivity index (χ2v) is 17.4. The summed E-state index contributed by atoms with van der Waals surface area (Å²) in [7, 11) is 0. The summed E-state index contributed by atoms with van der Waals surface area (Å²) >= 11 is 1.58. The van der Waals surface area contributed by atoms with E-state index in [2.05, 4.69) is 15.6 Å². The average Bonchev–Trinajstić information content (AvgIpc) is 3.58. The molecular formula is C37H50N4O6S. The number of aliphatic carboxylic acids is 1. The first-order valence-corrected chi connectivity index (χ1v) is 18.2. The number of thiazole rings is 1. The van der Waals surface area contributed by atoms with Gasteiger partial charge in [-0.05, 0) is 91.6 Å². The van der Waals surface area contributed by atoms with E-state index in [9.17, 15) is 29.4 Å². The van der Waals surface area contributed by atoms with E-state index in [0.29, 0.717) is 11.8 Å². The third-order valence-electron chi connectivity index (χ3n) is 11.4. The van der Waals surface area contributed by atoms with Crippen molar-refractivity contribution < 1.29 is 29.4 Å². The highest BCUT2D eigenvalue weighted by Crippen LogP contribution is 2.67. The van der Waals surface area contributed by atoms with Crippen molar-refractivity contribution in [3.63, 3.8) is 0 Å². The van der Waals surface area contributed by atoms with E-state index in [1.807, 2.05) is 64.4 Å². The van der Waals surface area contributed by atoms with Gasteiger partial charge in [-0.15, -0.1) is 11.3 Å². The minimum Gasteiger partial charge on any atom is -0.481 e. The summed E-state index contributed by atoms with van der Waals surface area (Å²) in [4.78, 5) is 60.3. The smallest absolute Gasteiger partial charge is 0.303 e. The van der Waals surface area contributed by atoms with E-state index in [4.69, 9.17) is 0 Å². The molecule has 260 valence electrons. The third kappa shape index (κ3) is 7.04. The zero-order valence-corrected chi connectivity index (χ0v) is 29.6. The summed E-state index contributed by atoms with van der Waals surface area (Å²) < 4.78 is 0. The molecule has 0 radical (unpaired) electrons. The number of aromatic nitrogens is 1. The summed E-state index contributed by atoms with van der Waals surface area (Å²) in [6.45, 7) is 9.56. The van der Waals surface area contributed by atoms with Crippen LogP contribution in [0.2, 0.25) is 0 Å². The Bertz CT molecular complexity index is 1550. The van der Waals surface area contributed by atoms with Crippen molar-refractivity contribution in [2.75, 3.05) is 6.54 Å². The van der Waals surface area contributed by atoms with Crippen LogP contribution in [0.15, 0.2) is 29.8 Å². The number of aryl methyl sites for hydroxylation is 1. The Hall–Kier alpha value is -3.31. The van der Waals surface area contributed by atoms with Crippen LogP contribution in [0, 0.1) is 35.0 Å². The quantitative estimate of drug-likeness (QED) is 0.269. The van der Waals surface area contributed by atoms with Gasteiger partial charge in [0.1, 0.15) is 12.1 Å². The number of hydrogen-bond donors (Lipinski definition) is 4. The number of carboxylic acids is 1. The molecule has 3 amide bonds. The molecular weight excluding hydrogens is 628 g/mol. The van der Waals surface area contributed by atoms with Crippen LogP contribution in [0.25, 0.3) is 10.4 Å². The van der Waals surface area contributed by atoms with Gasteiger partial charge in [0.15, 0.2) is 0 Å². The molecule has 4 aliphatic carbocycles. The van der Waals surface area contributed by atoms with Crippen LogP contribution in [0.3, 0.4) is 0 Å². The number of aliphatic hydroxyl groups excluding tert-OH is 1. The predicted octanol–water partition coefficient (Wildman–Crippen LogP) is 5.24. The molecule has 4 saturated carbocycles. The van der Waals surface area contributed by atoms with Gasteiger partial charge in [0.2, 0.25) is 17.7 Å². The number of β-amino-alcohol motifs (C(OH)–C–C–N with tert-alkyl or cyclic N) is 1. The van der Waals surface area contributed by atoms with Crippen LogP contribution < -0.4 is 10.6 Å². The van der Waals surface area contributed by atoms with E-state index in [1.54, 1.807) is 11.3 Å². The second kappa shape index (κ2) is 12.9. The number of carboxylic acid groups (broad SMARTS) is 1. The molecule has 7 rings (SSSR count). The van der Waals surface area contributed by atoms with E-state index in [-0.39, 0.29) is 60.4 Å². The highest BCUT2D eigenvalue weighted by atomic mass is 32.1. The molecule has 5 aliphatic rings. The maximum atomic E-state index is 14.2. The zero-order valence-electron chi connectivity index (χ0n) is 28.8. The van der Waals surface area contributed by atoms with Crippen LogP contribution in [0.5, 0.6) is 0 Å². The Balaban J connectivity index is 1.12. The number of aliphatic hydroxyl groups is 1. The van der Waals surface area contributed by atoms with Crippen LogP contribution in [0.1, 0.15) is 103 Å². The summed E-state index contributed by atoms with van der Waals surface area (Å²) in [6.07, 6.45) is 5.28. The molecule has 1 aromatic carbocycles. The fraction of sp³-hybridized carbons (Fsp3) is 0.649. The van der Waals surface area contributed by atoms with E-state index >= 15 is 0 Å². The number of rotatable bonds is 10. The van der Waals surface area contributed by atoms with Gasteiger partial charge >= 0.3 is 5.97 Å². The maximum absolute atomic E-state index is 14.2. The molecule has 6 atom stereocenters. The van der Waals surface area contributed by atoms with Crippen molar-refractivity contribution in [2.24, 2.45) is 28.1 Å². The molecule has 11 heteroatoms. The molecule has 4 N–H and O–H groups in total. The number of hydrogen-bond acceptors (Lipinski definition) is 7. The van der Waals surface area contributed by atoms with E-state index < -0.39 is 29.6 Å². The Morgan fingerprint density at radius 3 is 2.19 bits per heavy atom. The first-order chi connectivity index (χ1) is 22.6. The molecule has 4 bridgehead atoms. The normalized spacial score (nSPS) is 30.6. The average molecular weight is 679 g/mol. The fourth-order valence-corrected chi connectivity index (χ4v) is 10.8. The Labute approximate surface area is 287 Å². The largest absolute Gasteiger partial charge is 0.481 e. The molecule has 2 heterocycles. The highest BCUT2D eigenvalue weighted by Gasteiger charge is 2.58. The molecule has 1 aliphatic heterocycles. The van der Waals surface area contributed by atoms with Crippen LogP contribution >= 0.6 is 11.3 Å². The lowest BCUT2D eigenvalue weighted by Gasteiger charge is -2.62. The maximum Gasteiger partial charge on any atom is 0.303 e. The molecule has 48 heavy (non-hydrogen) atoms. The molecule has 2 unspecified atom stereocenters. The second-order valence-electron chi connectivity index (χ2n) is 16.6. The summed E-state index contributed by atoms with van der Waals surface area (Å²) in [6, 6.07) is 5.89. The van der Waals surface area contributed by atoms with Crippen molar-refractivity contribution in [3.05, 3.63) is 41.0 Å². The van der Waals surface area contributed by atoms with Crippen LogP contribution in [0.4, 0.5) is 0 Å². The lowest BCUT2D eigenvalue weighted by Crippen LogP contribution is -2.59. The lowest BCUT2D eigenvalue weighted by atomic mass is 9.43. The number of nitrogens with zero attached hydrogens (tertiary/aromatic N) is 2. The number of carbonyl (C=O) groups excluding carboxylic acids is 3. The lowest BCUT2D eigenvalue weighted by molar-refractivity contribution is -0.156. The van der Waals surface area contributed by atoms with Gasteiger partial charge in [-0.2, -0.15) is 0 Å². The Morgan fingerprint density at radius 2 is 1.62 bits per heavy atom. The van der Waals surface area contributed by atoms with E-state index in [0.717, 1.165) is 60.2 Å². The molecule has 1 aromatic heterocycles. The van der Waals surface area contributed by atoms with Crippen molar-refractivity contribution in [1.29, 1.82) is 0 Å². The SMILES string of the molecule is Cc1ncsc1-c1ccc([C@H](C)NC(=O)[C@@H]2C[C@@H](O)CN2C(=O)[C@@H](NC(=O)CC23CC4CC(CC(CC(=O)O)(C4)C2)C3)C(C)(C)C)cc1. The Kier molecular flexibility index (Phi) is 9.26. The number of likely N-dealkylation sites (tertiary alicyclic amines) is 1. The van der Waals surface area contributed by atoms with Crippen molar-refractivity contribution in [2.45, 2.75) is 117 Å². The monoisotopic (exact) mass is 678 g/mol. The van der Waals surface area contributed by atoms with Gasteiger partial charge in [0.05, 0.1) is 34.6 Å². The number of amides is 3. The topological polar surface area (TPSA) is 149 Å². The van der Waals surface area contributed by atoms with Crippen LogP contribution in [-0.2, 0) is 19.2 Å². The van der Waals surface area contributed by atoms with Gasteiger partial charge in [-0.1, -0.05) is 45.0 Å². The zero-order chi connectivity index (χ0) is 34.6. The number of benzene rings is 1. The molecule has 0 spiro atoms. The molecule has 10 nitrogen and oxygen atoms in total. The first-order valence-electron chi connectivity index (χ1n) is 17.4. The van der Waals surface area contributed by atoms with Gasteiger partial charge in [0.25, 0.3) is 0 Å². The number of carbonyl (C=O) groups is 4. The number of nitrogens with one attached hydrogen (secondary N) is 2. The van der Waals surface area contributed by atoms with Crippen molar-refractivity contribution in [1.82, 2.24) is 20.5 Å². The fourth-order valence-electron chi connectivity index (χ4n) is 9.95. The van der Waals surface area contributed by atoms with E-state index in [1.165, 1.54) is 4.90 Å². The highest BCUT2D eigenvalue weighted by molar-refractivity contribution is 7.13. The van der Waals surface area contributed by atoms with Gasteiger partial charge in [-0.3, -0.25) is 19.2 Å². The van der Waals surface area contributed by atoms with Crippen molar-refractivity contribution in [3.8, 4) is 10.4 Å². The third-order valence-corrected chi connectivity index (χ3v) is 12.4. The minimum atomic E-state index is -0.896. The summed E-state index contributed by atoms with van der Waals surface area (Å²) in [5, 5.41) is 26.4. The molecule has 5 fully saturated rings. The first kappa shape index (κ1) is 34.5. The molecule has 1 saturated heterocycles. The van der Waals surface area contributed by atoms with Gasteiger partial charge in [0, 0.05) is 19.4 Å². The van der Waals surface area contributed by atoms with Crippen LogP contribution in [-0.4, -0.2) is 68.5 Å². The molecule has 2 aromatic rings. The standard InChI is InChI=1S/C37H50N4O6S/c1-21(25-6-8-26(9-7-25)31-22(2)38-20-48-31)39-33(46)28-11-27(42)18-41(28)34(47)32(35(3,4)5)40-29(43)16-36-12-23-10-24(13-36)15-37(14-23,19-36)17-30(44)45/h6-9,20-21,23-24,27-28,32,42H,10-19H2,1-5H3,(H,39,46)(H,40,43)(H,44,45)/t21-,23?,24?,27+,28-,32+,36?,37?/m0/s1. The minimum absolute atomic E-state index is 0.0155.